The van der Waals surface area contributed by atoms with Crippen LogP contribution >= 0.6 is 23.1 Å². The number of thiazole rings is 1. The number of carbonyl (C=O) groups excluding carboxylic acids is 1. The molecular weight excluding hydrogens is 582 g/mol. The van der Waals surface area contributed by atoms with Crippen molar-refractivity contribution in [1.29, 1.82) is 0 Å². The third kappa shape index (κ3) is 5.88. The van der Waals surface area contributed by atoms with Gasteiger partial charge in [-0.1, -0.05) is 59.9 Å². The summed E-state index contributed by atoms with van der Waals surface area (Å²) < 4.78 is 42.7. The first-order valence-electron chi connectivity index (χ1n) is 12.9. The maximum atomic E-state index is 14.0. The Morgan fingerprint density at radius 2 is 1.83 bits per heavy atom. The molecule has 216 valence electrons. The lowest BCUT2D eigenvalue weighted by Crippen LogP contribution is -2.40. The summed E-state index contributed by atoms with van der Waals surface area (Å²) in [5, 5.41) is 0. The van der Waals surface area contributed by atoms with Gasteiger partial charge in [-0.15, -0.1) is 11.8 Å². The molecule has 2 heterocycles. The van der Waals surface area contributed by atoms with Crippen molar-refractivity contribution in [2.24, 2.45) is 4.99 Å². The third-order valence-electron chi connectivity index (χ3n) is 6.51. The number of thioether (sulfide) groups is 1. The number of aromatic nitrogens is 1. The summed E-state index contributed by atoms with van der Waals surface area (Å²) in [6.45, 7) is -1.13. The van der Waals surface area contributed by atoms with E-state index < -0.39 is 18.6 Å². The van der Waals surface area contributed by atoms with E-state index >= 15 is 0 Å². The van der Waals surface area contributed by atoms with Gasteiger partial charge in [0.1, 0.15) is 0 Å². The molecule has 5 rings (SSSR count). The molecule has 4 aromatic rings. The van der Waals surface area contributed by atoms with E-state index in [4.69, 9.17) is 14.5 Å². The van der Waals surface area contributed by atoms with Gasteiger partial charge in [0.2, 0.25) is 0 Å². The second-order valence-corrected chi connectivity index (χ2v) is 10.9. The summed E-state index contributed by atoms with van der Waals surface area (Å²) in [5.41, 5.74) is 2.29. The number of hydrogen-bond donors (Lipinski definition) is 0. The maximum Gasteiger partial charge on any atom is 0.387 e. The predicted molar refractivity (Wildman–Crippen MR) is 159 cm³/mol. The first kappa shape index (κ1) is 29.3. The van der Waals surface area contributed by atoms with E-state index in [-0.39, 0.29) is 29.2 Å². The highest BCUT2D eigenvalue weighted by Gasteiger charge is 2.35. The van der Waals surface area contributed by atoms with Crippen molar-refractivity contribution in [2.75, 3.05) is 20.0 Å². The van der Waals surface area contributed by atoms with E-state index in [1.54, 1.807) is 30.8 Å². The van der Waals surface area contributed by atoms with Crippen LogP contribution in [0.2, 0.25) is 0 Å². The molecule has 0 saturated carbocycles. The number of esters is 1. The molecule has 0 spiro atoms. The van der Waals surface area contributed by atoms with Gasteiger partial charge in [-0.3, -0.25) is 9.36 Å². The van der Waals surface area contributed by atoms with Gasteiger partial charge >= 0.3 is 12.6 Å². The summed E-state index contributed by atoms with van der Waals surface area (Å²) >= 11 is 2.75. The number of methoxy groups -OCH3 is 1. The van der Waals surface area contributed by atoms with Crippen LogP contribution in [-0.4, -0.2) is 37.1 Å². The van der Waals surface area contributed by atoms with Gasteiger partial charge in [0.15, 0.2) is 16.3 Å². The molecule has 11 heteroatoms. The molecule has 1 aliphatic heterocycles. The first-order chi connectivity index (χ1) is 20.3. The average Bonchev–Trinajstić information content (AvgIpc) is 3.31. The van der Waals surface area contributed by atoms with Crippen molar-refractivity contribution in [3.05, 3.63) is 115 Å². The Labute approximate surface area is 248 Å². The lowest BCUT2D eigenvalue weighted by Gasteiger charge is -2.26. The zero-order chi connectivity index (χ0) is 29.8. The van der Waals surface area contributed by atoms with Crippen molar-refractivity contribution in [2.45, 2.75) is 24.5 Å². The van der Waals surface area contributed by atoms with E-state index in [0.29, 0.717) is 26.2 Å². The van der Waals surface area contributed by atoms with Crippen molar-refractivity contribution in [3.8, 4) is 11.5 Å². The van der Waals surface area contributed by atoms with Gasteiger partial charge in [0.05, 0.1) is 35.6 Å². The highest BCUT2D eigenvalue weighted by Crippen LogP contribution is 2.36. The summed E-state index contributed by atoms with van der Waals surface area (Å²) in [6, 6.07) is 20.6. The molecule has 0 amide bonds. The number of halogens is 2. The molecule has 1 aliphatic rings. The molecule has 0 bridgehead atoms. The molecule has 7 nitrogen and oxygen atoms in total. The van der Waals surface area contributed by atoms with E-state index in [0.717, 1.165) is 21.8 Å². The molecule has 0 unspecified atom stereocenters. The Bertz CT molecular complexity index is 1820. The van der Waals surface area contributed by atoms with Crippen LogP contribution in [0.15, 0.2) is 93.1 Å². The van der Waals surface area contributed by atoms with Gasteiger partial charge < -0.3 is 14.2 Å². The minimum atomic E-state index is -3.01. The van der Waals surface area contributed by atoms with E-state index in [9.17, 15) is 18.4 Å². The monoisotopic (exact) mass is 608 g/mol. The number of nitrogens with zero attached hydrogens (tertiary/aromatic N) is 2. The standard InChI is InChI=1S/C31H26F2N2O5S2/c1-4-39-29(37)25-26(19-8-6-5-7-9-19)34-31-35(27(25)20-11-13-21(41-3)14-12-20)28(36)24(42-31)17-18-10-15-22(40-30(32)33)23(16-18)38-2/h5-17,27,30H,4H2,1-3H3/b24-17+/t27-/m1/s1. The normalized spacial score (nSPS) is 14.9. The molecule has 1 aromatic heterocycles. The number of carbonyl (C=O) groups is 1. The van der Waals surface area contributed by atoms with Crippen molar-refractivity contribution in [1.82, 2.24) is 4.57 Å². The smallest absolute Gasteiger partial charge is 0.387 e. The molecule has 1 atom stereocenters. The van der Waals surface area contributed by atoms with E-state index in [2.05, 4.69) is 4.74 Å². The molecule has 42 heavy (non-hydrogen) atoms. The largest absolute Gasteiger partial charge is 0.493 e. The summed E-state index contributed by atoms with van der Waals surface area (Å²) in [6.07, 6.45) is 3.60. The number of fused-ring (bicyclic) bond motifs is 1. The zero-order valence-corrected chi connectivity index (χ0v) is 24.5. The van der Waals surface area contributed by atoms with Crippen LogP contribution in [0.5, 0.6) is 11.5 Å². The number of rotatable bonds is 9. The zero-order valence-electron chi connectivity index (χ0n) is 22.9. The molecule has 0 fully saturated rings. The van der Waals surface area contributed by atoms with E-state index in [1.807, 2.05) is 60.9 Å². The summed E-state index contributed by atoms with van der Waals surface area (Å²) in [5.74, 6) is -0.585. The van der Waals surface area contributed by atoms with Gasteiger partial charge in [0.25, 0.3) is 5.56 Å². The number of alkyl halides is 2. The SMILES string of the molecule is CCOC(=O)C1=C(c2ccccc2)N=c2s/c(=C/c3ccc(OC(F)F)c(OC)c3)c(=O)n2[C@@H]1c1ccc(SC)cc1. The fraction of sp³-hybridized carbons (Fsp3) is 0.194. The van der Waals surface area contributed by atoms with Gasteiger partial charge in [-0.2, -0.15) is 8.78 Å². The van der Waals surface area contributed by atoms with Crippen LogP contribution < -0.4 is 24.4 Å². The van der Waals surface area contributed by atoms with Crippen LogP contribution in [-0.2, 0) is 9.53 Å². The molecule has 0 N–H and O–H groups in total. The number of hydrogen-bond acceptors (Lipinski definition) is 8. The lowest BCUT2D eigenvalue weighted by molar-refractivity contribution is -0.138. The first-order valence-corrected chi connectivity index (χ1v) is 14.9. The van der Waals surface area contributed by atoms with E-state index in [1.165, 1.54) is 23.8 Å². The highest BCUT2D eigenvalue weighted by atomic mass is 32.2. The summed E-state index contributed by atoms with van der Waals surface area (Å²) in [7, 11) is 1.34. The fourth-order valence-electron chi connectivity index (χ4n) is 4.66. The number of benzene rings is 3. The predicted octanol–water partition coefficient (Wildman–Crippen LogP) is 5.27. The van der Waals surface area contributed by atoms with Gasteiger partial charge in [-0.05, 0) is 54.6 Å². The molecule has 0 saturated heterocycles. The third-order valence-corrected chi connectivity index (χ3v) is 8.23. The van der Waals surface area contributed by atoms with Crippen LogP contribution in [0.4, 0.5) is 8.78 Å². The molecule has 3 aromatic carbocycles. The molecule has 0 radical (unpaired) electrons. The Balaban J connectivity index is 1.75. The van der Waals surface area contributed by atoms with Gasteiger partial charge in [0, 0.05) is 10.5 Å². The minimum Gasteiger partial charge on any atom is -0.493 e. The Morgan fingerprint density at radius 3 is 2.48 bits per heavy atom. The van der Waals surface area contributed by atoms with Crippen molar-refractivity contribution < 1.29 is 27.8 Å². The second-order valence-electron chi connectivity index (χ2n) is 8.99. The Kier molecular flexibility index (Phi) is 8.89. The average molecular weight is 609 g/mol. The van der Waals surface area contributed by atoms with Crippen LogP contribution in [0.3, 0.4) is 0 Å². The molecular formula is C31H26F2N2O5S2. The second kappa shape index (κ2) is 12.7. The van der Waals surface area contributed by atoms with Crippen molar-refractivity contribution >= 4 is 40.8 Å². The quantitative estimate of drug-likeness (QED) is 0.190. The Morgan fingerprint density at radius 1 is 1.10 bits per heavy atom. The number of ether oxygens (including phenoxy) is 3. The summed E-state index contributed by atoms with van der Waals surface area (Å²) in [4.78, 5) is 33.8. The minimum absolute atomic E-state index is 0.0968. The fourth-order valence-corrected chi connectivity index (χ4v) is 6.07. The van der Waals surface area contributed by atoms with Crippen LogP contribution in [0.1, 0.15) is 29.7 Å². The molecule has 0 aliphatic carbocycles. The maximum absolute atomic E-state index is 14.0. The topological polar surface area (TPSA) is 79.1 Å². The van der Waals surface area contributed by atoms with Crippen LogP contribution in [0, 0.1) is 0 Å². The Hall–Kier alpha value is -4.22. The van der Waals surface area contributed by atoms with Crippen molar-refractivity contribution in [3.63, 3.8) is 0 Å². The lowest BCUT2D eigenvalue weighted by atomic mass is 9.93. The van der Waals surface area contributed by atoms with Crippen LogP contribution in [0.25, 0.3) is 11.8 Å². The van der Waals surface area contributed by atoms with Gasteiger partial charge in [-0.25, -0.2) is 9.79 Å². The highest BCUT2D eigenvalue weighted by molar-refractivity contribution is 7.98.